The molecule has 0 fully saturated rings. The number of nitrogens with zero attached hydrogens (tertiary/aromatic N) is 1. The van der Waals surface area contributed by atoms with Crippen molar-refractivity contribution >= 4 is 17.4 Å². The van der Waals surface area contributed by atoms with Gasteiger partial charge in [0, 0.05) is 11.4 Å². The van der Waals surface area contributed by atoms with Gasteiger partial charge in [0.05, 0.1) is 10.7 Å². The number of rotatable bonds is 6. The molecule has 1 aromatic carbocycles. The average molecular weight is 261 g/mol. The molecule has 2 heteroatoms. The van der Waals surface area contributed by atoms with Crippen molar-refractivity contribution in [2.24, 2.45) is 0 Å². The summed E-state index contributed by atoms with van der Waals surface area (Å²) in [6, 6.07) is 8.73. The van der Waals surface area contributed by atoms with E-state index in [1.165, 1.54) is 47.7 Å². The first-order chi connectivity index (χ1) is 8.86. The molecular formula is C16H23NS. The van der Waals surface area contributed by atoms with Crippen molar-refractivity contribution in [3.8, 4) is 0 Å². The molecule has 0 aliphatic carbocycles. The van der Waals surface area contributed by atoms with Crippen molar-refractivity contribution in [1.82, 2.24) is 0 Å². The van der Waals surface area contributed by atoms with Gasteiger partial charge in [-0.25, -0.2) is 0 Å². The molecule has 0 spiro atoms. The summed E-state index contributed by atoms with van der Waals surface area (Å²) in [6.45, 7) is 5.57. The molecule has 2 rings (SSSR count). The SMILES string of the molecule is C/C=C1\Sc2ccccc2N1CCCCCCC. The summed E-state index contributed by atoms with van der Waals surface area (Å²) < 4.78 is 0. The summed E-state index contributed by atoms with van der Waals surface area (Å²) in [4.78, 5) is 3.88. The van der Waals surface area contributed by atoms with Crippen molar-refractivity contribution < 1.29 is 0 Å². The van der Waals surface area contributed by atoms with E-state index in [4.69, 9.17) is 0 Å². The second kappa shape index (κ2) is 6.89. The molecule has 0 radical (unpaired) electrons. The Kier molecular flexibility index (Phi) is 5.18. The van der Waals surface area contributed by atoms with Gasteiger partial charge in [0.2, 0.25) is 0 Å². The van der Waals surface area contributed by atoms with E-state index in [0.29, 0.717) is 0 Å². The Morgan fingerprint density at radius 3 is 2.67 bits per heavy atom. The van der Waals surface area contributed by atoms with E-state index in [0.717, 1.165) is 6.54 Å². The molecule has 1 aliphatic heterocycles. The number of benzene rings is 1. The Bertz CT molecular complexity index is 411. The van der Waals surface area contributed by atoms with Gasteiger partial charge in [-0.05, 0) is 25.5 Å². The minimum Gasteiger partial charge on any atom is -0.335 e. The summed E-state index contributed by atoms with van der Waals surface area (Å²) in [6.07, 6.45) is 8.96. The zero-order chi connectivity index (χ0) is 12.8. The standard InChI is InChI=1S/C16H23NS/c1-3-5-6-7-10-13-17-14-11-8-9-12-15(14)18-16(17)4-2/h4,8-9,11-12H,3,5-7,10,13H2,1-2H3/b16-4-. The highest BCUT2D eigenvalue weighted by Crippen LogP contribution is 2.45. The van der Waals surface area contributed by atoms with Gasteiger partial charge in [-0.3, -0.25) is 0 Å². The van der Waals surface area contributed by atoms with Crippen LogP contribution in [0.15, 0.2) is 40.3 Å². The van der Waals surface area contributed by atoms with Crippen LogP contribution in [-0.2, 0) is 0 Å². The number of hydrogen-bond donors (Lipinski definition) is 0. The van der Waals surface area contributed by atoms with Crippen LogP contribution in [0.25, 0.3) is 0 Å². The van der Waals surface area contributed by atoms with Crippen LogP contribution >= 0.6 is 11.8 Å². The van der Waals surface area contributed by atoms with E-state index >= 15 is 0 Å². The fraction of sp³-hybridized carbons (Fsp3) is 0.500. The zero-order valence-electron chi connectivity index (χ0n) is 11.5. The van der Waals surface area contributed by atoms with Crippen LogP contribution in [0.4, 0.5) is 5.69 Å². The number of allylic oxidation sites excluding steroid dienone is 1. The number of unbranched alkanes of at least 4 members (excludes halogenated alkanes) is 4. The normalized spacial score (nSPS) is 16.3. The van der Waals surface area contributed by atoms with Crippen LogP contribution in [0.5, 0.6) is 0 Å². The molecule has 98 valence electrons. The van der Waals surface area contributed by atoms with Crippen molar-refractivity contribution in [2.75, 3.05) is 11.4 Å². The van der Waals surface area contributed by atoms with Gasteiger partial charge in [-0.15, -0.1) is 0 Å². The highest BCUT2D eigenvalue weighted by molar-refractivity contribution is 8.03. The van der Waals surface area contributed by atoms with Crippen molar-refractivity contribution in [3.63, 3.8) is 0 Å². The molecule has 1 nitrogen and oxygen atoms in total. The third-order valence-electron chi connectivity index (χ3n) is 3.37. The fourth-order valence-corrected chi connectivity index (χ4v) is 3.44. The summed E-state index contributed by atoms with van der Waals surface area (Å²) in [5, 5.41) is 1.40. The lowest BCUT2D eigenvalue weighted by Gasteiger charge is -2.20. The van der Waals surface area contributed by atoms with E-state index < -0.39 is 0 Å². The molecule has 1 aliphatic rings. The second-order valence-corrected chi connectivity index (χ2v) is 5.82. The van der Waals surface area contributed by atoms with Crippen molar-refractivity contribution in [3.05, 3.63) is 35.4 Å². The summed E-state index contributed by atoms with van der Waals surface area (Å²) >= 11 is 1.90. The predicted molar refractivity (Wildman–Crippen MR) is 82.2 cm³/mol. The minimum atomic E-state index is 1.16. The van der Waals surface area contributed by atoms with E-state index in [-0.39, 0.29) is 0 Å². The van der Waals surface area contributed by atoms with Gasteiger partial charge in [0.15, 0.2) is 0 Å². The molecule has 0 aromatic heterocycles. The summed E-state index contributed by atoms with van der Waals surface area (Å²) in [5.74, 6) is 0. The monoisotopic (exact) mass is 261 g/mol. The largest absolute Gasteiger partial charge is 0.335 e. The second-order valence-electron chi connectivity index (χ2n) is 4.76. The van der Waals surface area contributed by atoms with Crippen LogP contribution in [0.2, 0.25) is 0 Å². The molecule has 0 N–H and O–H groups in total. The maximum absolute atomic E-state index is 2.48. The Morgan fingerprint density at radius 2 is 1.89 bits per heavy atom. The lowest BCUT2D eigenvalue weighted by molar-refractivity contribution is 0.632. The highest BCUT2D eigenvalue weighted by atomic mass is 32.2. The van der Waals surface area contributed by atoms with Crippen molar-refractivity contribution in [2.45, 2.75) is 50.8 Å². The highest BCUT2D eigenvalue weighted by Gasteiger charge is 2.23. The van der Waals surface area contributed by atoms with Gasteiger partial charge in [0.25, 0.3) is 0 Å². The first-order valence-corrected chi connectivity index (χ1v) is 7.89. The van der Waals surface area contributed by atoms with Crippen molar-refractivity contribution in [1.29, 1.82) is 0 Å². The molecule has 0 atom stereocenters. The minimum absolute atomic E-state index is 1.16. The average Bonchev–Trinajstić information content (AvgIpc) is 2.77. The Hall–Kier alpha value is -0.890. The molecular weight excluding hydrogens is 238 g/mol. The quantitative estimate of drug-likeness (QED) is 0.628. The van der Waals surface area contributed by atoms with Gasteiger partial charge >= 0.3 is 0 Å². The van der Waals surface area contributed by atoms with Crippen LogP contribution in [0, 0.1) is 0 Å². The van der Waals surface area contributed by atoms with E-state index in [9.17, 15) is 0 Å². The molecule has 0 bridgehead atoms. The molecule has 18 heavy (non-hydrogen) atoms. The molecule has 1 heterocycles. The van der Waals surface area contributed by atoms with Crippen LogP contribution in [0.1, 0.15) is 46.0 Å². The molecule has 0 amide bonds. The van der Waals surface area contributed by atoms with Gasteiger partial charge < -0.3 is 4.90 Å². The number of anilines is 1. The Balaban J connectivity index is 1.94. The van der Waals surface area contributed by atoms with Crippen LogP contribution in [0.3, 0.4) is 0 Å². The lowest BCUT2D eigenvalue weighted by Crippen LogP contribution is -2.18. The van der Waals surface area contributed by atoms with Crippen LogP contribution in [-0.4, -0.2) is 6.54 Å². The van der Waals surface area contributed by atoms with Gasteiger partial charge in [-0.1, -0.05) is 62.6 Å². The van der Waals surface area contributed by atoms with Crippen LogP contribution < -0.4 is 4.90 Å². The Morgan fingerprint density at radius 1 is 1.11 bits per heavy atom. The van der Waals surface area contributed by atoms with Gasteiger partial charge in [0.1, 0.15) is 0 Å². The fourth-order valence-electron chi connectivity index (χ4n) is 2.37. The molecule has 0 saturated heterocycles. The Labute approximate surface area is 115 Å². The topological polar surface area (TPSA) is 3.24 Å². The molecule has 1 aromatic rings. The predicted octanol–water partition coefficient (Wildman–Crippen LogP) is 5.43. The maximum Gasteiger partial charge on any atom is 0.0758 e. The maximum atomic E-state index is 2.48. The number of para-hydroxylation sites is 1. The zero-order valence-corrected chi connectivity index (χ0v) is 12.3. The molecule has 0 saturated carbocycles. The smallest absolute Gasteiger partial charge is 0.0758 e. The number of thioether (sulfide) groups is 1. The number of hydrogen-bond acceptors (Lipinski definition) is 2. The summed E-state index contributed by atoms with van der Waals surface area (Å²) in [5.41, 5.74) is 1.39. The lowest BCUT2D eigenvalue weighted by atomic mass is 10.1. The first-order valence-electron chi connectivity index (χ1n) is 7.07. The third-order valence-corrected chi connectivity index (χ3v) is 4.60. The van der Waals surface area contributed by atoms with Gasteiger partial charge in [-0.2, -0.15) is 0 Å². The summed E-state index contributed by atoms with van der Waals surface area (Å²) in [7, 11) is 0. The van der Waals surface area contributed by atoms with E-state index in [1.54, 1.807) is 0 Å². The van der Waals surface area contributed by atoms with E-state index in [1.807, 2.05) is 11.8 Å². The third kappa shape index (κ3) is 3.11. The molecule has 0 unspecified atom stereocenters. The number of fused-ring (bicyclic) bond motifs is 1. The van der Waals surface area contributed by atoms with E-state index in [2.05, 4.69) is 49.1 Å². The first kappa shape index (κ1) is 13.5.